The summed E-state index contributed by atoms with van der Waals surface area (Å²) in [5.74, 6) is 0.340. The predicted molar refractivity (Wildman–Crippen MR) is 79.4 cm³/mol. The van der Waals surface area contributed by atoms with Crippen molar-refractivity contribution in [3.05, 3.63) is 65.0 Å². The van der Waals surface area contributed by atoms with Gasteiger partial charge in [0.1, 0.15) is 17.6 Å². The number of ether oxygens (including phenoxy) is 1. The van der Waals surface area contributed by atoms with Gasteiger partial charge in [-0.3, -0.25) is 0 Å². The Labute approximate surface area is 124 Å². The molecule has 2 aromatic rings. The Morgan fingerprint density at radius 3 is 2.57 bits per heavy atom. The quantitative estimate of drug-likeness (QED) is 0.913. The van der Waals surface area contributed by atoms with Gasteiger partial charge in [0.25, 0.3) is 0 Å². The topological polar surface area (TPSA) is 45.0 Å². The van der Waals surface area contributed by atoms with Gasteiger partial charge in [0.15, 0.2) is 0 Å². The monoisotopic (exact) mass is 284 g/mol. The van der Waals surface area contributed by atoms with Gasteiger partial charge in [-0.1, -0.05) is 18.2 Å². The predicted octanol–water partition coefficient (Wildman–Crippen LogP) is 3.56. The SMILES string of the molecule is COc1ccc([C@@H](C)NCc2ccc(F)c(C#N)c2)cc1. The Morgan fingerprint density at radius 1 is 1.24 bits per heavy atom. The van der Waals surface area contributed by atoms with Gasteiger partial charge in [-0.15, -0.1) is 0 Å². The molecule has 0 fully saturated rings. The average Bonchev–Trinajstić information content (AvgIpc) is 2.53. The number of nitriles is 1. The highest BCUT2D eigenvalue weighted by Crippen LogP contribution is 2.18. The molecule has 3 nitrogen and oxygen atoms in total. The maximum atomic E-state index is 13.3. The van der Waals surface area contributed by atoms with E-state index >= 15 is 0 Å². The zero-order valence-electron chi connectivity index (χ0n) is 12.1. The average molecular weight is 284 g/mol. The van der Waals surface area contributed by atoms with Crippen molar-refractivity contribution in [2.24, 2.45) is 0 Å². The number of nitrogens with zero attached hydrogens (tertiary/aromatic N) is 1. The summed E-state index contributed by atoms with van der Waals surface area (Å²) >= 11 is 0. The summed E-state index contributed by atoms with van der Waals surface area (Å²) in [6.45, 7) is 2.62. The Kier molecular flexibility index (Phi) is 4.91. The minimum atomic E-state index is -0.482. The summed E-state index contributed by atoms with van der Waals surface area (Å²) in [6.07, 6.45) is 0. The first kappa shape index (κ1) is 15.0. The van der Waals surface area contributed by atoms with E-state index < -0.39 is 5.82 Å². The van der Waals surface area contributed by atoms with Gasteiger partial charge < -0.3 is 10.1 Å². The van der Waals surface area contributed by atoms with Gasteiger partial charge in [0, 0.05) is 12.6 Å². The first-order valence-corrected chi connectivity index (χ1v) is 6.70. The number of nitrogens with one attached hydrogen (secondary N) is 1. The fourth-order valence-electron chi connectivity index (χ4n) is 2.05. The summed E-state index contributed by atoms with van der Waals surface area (Å²) in [5.41, 5.74) is 2.10. The van der Waals surface area contributed by atoms with Crippen LogP contribution in [0.25, 0.3) is 0 Å². The smallest absolute Gasteiger partial charge is 0.140 e. The van der Waals surface area contributed by atoms with E-state index in [0.29, 0.717) is 6.54 Å². The van der Waals surface area contributed by atoms with Crippen LogP contribution in [0.1, 0.15) is 29.7 Å². The lowest BCUT2D eigenvalue weighted by Gasteiger charge is -2.15. The van der Waals surface area contributed by atoms with Crippen LogP contribution in [-0.2, 0) is 6.54 Å². The molecule has 21 heavy (non-hydrogen) atoms. The number of benzene rings is 2. The van der Waals surface area contributed by atoms with Crippen LogP contribution in [0, 0.1) is 17.1 Å². The van der Waals surface area contributed by atoms with Crippen molar-refractivity contribution in [3.63, 3.8) is 0 Å². The highest BCUT2D eigenvalue weighted by molar-refractivity contribution is 5.34. The van der Waals surface area contributed by atoms with Gasteiger partial charge in [-0.2, -0.15) is 5.26 Å². The molecule has 1 atom stereocenters. The lowest BCUT2D eigenvalue weighted by molar-refractivity contribution is 0.414. The Bertz CT molecular complexity index is 647. The molecular formula is C17H17FN2O. The standard InChI is InChI=1S/C17H17FN2O/c1-12(14-4-6-16(21-2)7-5-14)20-11-13-3-8-17(18)15(9-13)10-19/h3-9,12,20H,11H2,1-2H3/t12-/m1/s1. The molecular weight excluding hydrogens is 267 g/mol. The number of halogens is 1. The van der Waals surface area contributed by atoms with Crippen LogP contribution in [0.3, 0.4) is 0 Å². The Hall–Kier alpha value is -2.38. The van der Waals surface area contributed by atoms with Crippen LogP contribution < -0.4 is 10.1 Å². The molecule has 0 aromatic heterocycles. The van der Waals surface area contributed by atoms with E-state index in [4.69, 9.17) is 10.00 Å². The zero-order chi connectivity index (χ0) is 15.2. The Balaban J connectivity index is 2.00. The van der Waals surface area contributed by atoms with E-state index in [-0.39, 0.29) is 11.6 Å². The van der Waals surface area contributed by atoms with E-state index in [1.807, 2.05) is 30.3 Å². The summed E-state index contributed by atoms with van der Waals surface area (Å²) in [6, 6.07) is 14.4. The van der Waals surface area contributed by atoms with Crippen molar-refractivity contribution in [1.82, 2.24) is 5.32 Å². The van der Waals surface area contributed by atoms with Crippen molar-refractivity contribution in [3.8, 4) is 11.8 Å². The van der Waals surface area contributed by atoms with Crippen LogP contribution in [0.15, 0.2) is 42.5 Å². The lowest BCUT2D eigenvalue weighted by atomic mass is 10.1. The van der Waals surface area contributed by atoms with Crippen molar-refractivity contribution in [2.75, 3.05) is 7.11 Å². The maximum absolute atomic E-state index is 13.3. The number of rotatable bonds is 5. The van der Waals surface area contributed by atoms with E-state index in [1.165, 1.54) is 6.07 Å². The third-order valence-electron chi connectivity index (χ3n) is 3.38. The molecule has 0 aliphatic carbocycles. The van der Waals surface area contributed by atoms with Gasteiger partial charge in [0.2, 0.25) is 0 Å². The molecule has 0 radical (unpaired) electrons. The molecule has 2 rings (SSSR count). The fraction of sp³-hybridized carbons (Fsp3) is 0.235. The molecule has 4 heteroatoms. The molecule has 1 N–H and O–H groups in total. The van der Waals surface area contributed by atoms with E-state index in [0.717, 1.165) is 16.9 Å². The van der Waals surface area contributed by atoms with Crippen molar-refractivity contribution >= 4 is 0 Å². The largest absolute Gasteiger partial charge is 0.497 e. The van der Waals surface area contributed by atoms with Crippen LogP contribution in [0.5, 0.6) is 5.75 Å². The second-order valence-electron chi connectivity index (χ2n) is 4.80. The van der Waals surface area contributed by atoms with E-state index in [2.05, 4.69) is 12.2 Å². The molecule has 0 saturated carbocycles. The van der Waals surface area contributed by atoms with Crippen LogP contribution in [-0.4, -0.2) is 7.11 Å². The molecule has 0 heterocycles. The fourth-order valence-corrected chi connectivity index (χ4v) is 2.05. The molecule has 108 valence electrons. The zero-order valence-corrected chi connectivity index (χ0v) is 12.1. The van der Waals surface area contributed by atoms with Gasteiger partial charge in [0.05, 0.1) is 12.7 Å². The lowest BCUT2D eigenvalue weighted by Crippen LogP contribution is -2.18. The Morgan fingerprint density at radius 2 is 1.95 bits per heavy atom. The number of hydrogen-bond acceptors (Lipinski definition) is 3. The molecule has 2 aromatic carbocycles. The summed E-state index contributed by atoms with van der Waals surface area (Å²) in [5, 5.41) is 12.2. The second kappa shape index (κ2) is 6.87. The minimum Gasteiger partial charge on any atom is -0.497 e. The normalized spacial score (nSPS) is 11.7. The third kappa shape index (κ3) is 3.80. The molecule has 0 saturated heterocycles. The number of methoxy groups -OCH3 is 1. The first-order valence-electron chi connectivity index (χ1n) is 6.70. The maximum Gasteiger partial charge on any atom is 0.140 e. The van der Waals surface area contributed by atoms with Gasteiger partial charge in [-0.25, -0.2) is 4.39 Å². The van der Waals surface area contributed by atoms with Gasteiger partial charge >= 0.3 is 0 Å². The van der Waals surface area contributed by atoms with Crippen LogP contribution >= 0.6 is 0 Å². The first-order chi connectivity index (χ1) is 10.1. The number of hydrogen-bond donors (Lipinski definition) is 1. The van der Waals surface area contributed by atoms with Crippen LogP contribution in [0.2, 0.25) is 0 Å². The highest BCUT2D eigenvalue weighted by Gasteiger charge is 2.07. The second-order valence-corrected chi connectivity index (χ2v) is 4.80. The highest BCUT2D eigenvalue weighted by atomic mass is 19.1. The molecule has 0 aliphatic heterocycles. The summed E-state index contributed by atoms with van der Waals surface area (Å²) < 4.78 is 18.4. The third-order valence-corrected chi connectivity index (χ3v) is 3.38. The van der Waals surface area contributed by atoms with E-state index in [1.54, 1.807) is 19.2 Å². The minimum absolute atomic E-state index is 0.0754. The molecule has 0 spiro atoms. The molecule has 0 aliphatic rings. The van der Waals surface area contributed by atoms with Crippen LogP contribution in [0.4, 0.5) is 4.39 Å². The molecule has 0 amide bonds. The van der Waals surface area contributed by atoms with E-state index in [9.17, 15) is 4.39 Å². The van der Waals surface area contributed by atoms with Crippen molar-refractivity contribution in [2.45, 2.75) is 19.5 Å². The summed E-state index contributed by atoms with van der Waals surface area (Å²) in [7, 11) is 1.64. The molecule has 0 bridgehead atoms. The summed E-state index contributed by atoms with van der Waals surface area (Å²) in [4.78, 5) is 0. The van der Waals surface area contributed by atoms with Crippen molar-refractivity contribution in [1.29, 1.82) is 5.26 Å². The van der Waals surface area contributed by atoms with Crippen molar-refractivity contribution < 1.29 is 9.13 Å². The molecule has 0 unspecified atom stereocenters. The van der Waals surface area contributed by atoms with Gasteiger partial charge in [-0.05, 0) is 42.3 Å².